The van der Waals surface area contributed by atoms with Gasteiger partial charge < -0.3 is 19.2 Å². The second-order valence-corrected chi connectivity index (χ2v) is 6.30. The molecule has 1 N–H and O–H groups in total. The second kappa shape index (κ2) is 8.55. The summed E-state index contributed by atoms with van der Waals surface area (Å²) in [6.07, 6.45) is -1.14. The van der Waals surface area contributed by atoms with Crippen LogP contribution >= 0.6 is 15.9 Å². The average molecular weight is 430 g/mol. The van der Waals surface area contributed by atoms with E-state index in [1.165, 1.54) is 13.2 Å². The maximum Gasteiger partial charge on any atom is 0.375 e. The Morgan fingerprint density at radius 3 is 2.48 bits per heavy atom. The van der Waals surface area contributed by atoms with E-state index in [2.05, 4.69) is 21.2 Å². The second-order valence-electron chi connectivity index (χ2n) is 5.52. The fourth-order valence-electron chi connectivity index (χ4n) is 2.40. The van der Waals surface area contributed by atoms with Crippen molar-refractivity contribution in [2.75, 3.05) is 12.4 Å². The van der Waals surface area contributed by atoms with E-state index in [4.69, 9.17) is 13.9 Å². The number of nitrogens with one attached hydrogen (secondary N) is 1. The number of carbonyl (C=O) groups excluding carboxylic acids is 2. The number of halogens is 1. The maximum atomic E-state index is 12.8. The van der Waals surface area contributed by atoms with Gasteiger partial charge in [0.15, 0.2) is 4.67 Å². The van der Waals surface area contributed by atoms with Gasteiger partial charge in [0.2, 0.25) is 11.9 Å². The van der Waals surface area contributed by atoms with Crippen molar-refractivity contribution in [2.24, 2.45) is 0 Å². The summed E-state index contributed by atoms with van der Waals surface area (Å²) < 4.78 is 16.2. The van der Waals surface area contributed by atoms with Crippen molar-refractivity contribution >= 4 is 33.5 Å². The summed E-state index contributed by atoms with van der Waals surface area (Å²) in [6, 6.07) is 18.7. The Kier molecular flexibility index (Phi) is 5.93. The molecule has 0 aliphatic carbocycles. The molecule has 27 heavy (non-hydrogen) atoms. The van der Waals surface area contributed by atoms with Gasteiger partial charge in [0, 0.05) is 17.3 Å². The molecule has 0 aliphatic heterocycles. The molecule has 0 radical (unpaired) electrons. The number of rotatable bonds is 6. The van der Waals surface area contributed by atoms with Gasteiger partial charge in [-0.05, 0) is 40.2 Å². The number of hydrogen-bond donors (Lipinski definition) is 1. The minimum absolute atomic E-state index is 0.00279. The van der Waals surface area contributed by atoms with E-state index in [0.717, 1.165) is 0 Å². The molecule has 1 unspecified atom stereocenters. The number of esters is 1. The standard InChI is InChI=1S/C20H16BrNO5/c1-25-15-9-5-8-14(12-15)22-19(23)18(13-6-3-2-4-7-13)27-20(24)16-10-11-17(21)26-16/h2-12,18H,1H3,(H,22,23). The summed E-state index contributed by atoms with van der Waals surface area (Å²) in [5, 5.41) is 2.74. The Morgan fingerprint density at radius 1 is 1.04 bits per heavy atom. The Balaban J connectivity index is 1.83. The lowest BCUT2D eigenvalue weighted by molar-refractivity contribution is -0.125. The summed E-state index contributed by atoms with van der Waals surface area (Å²) in [5.74, 6) is -0.637. The Morgan fingerprint density at radius 2 is 1.81 bits per heavy atom. The van der Waals surface area contributed by atoms with E-state index in [9.17, 15) is 9.59 Å². The lowest BCUT2D eigenvalue weighted by atomic mass is 10.1. The molecule has 2 aromatic carbocycles. The van der Waals surface area contributed by atoms with Crippen molar-refractivity contribution in [3.8, 4) is 5.75 Å². The smallest absolute Gasteiger partial charge is 0.375 e. The van der Waals surface area contributed by atoms with Gasteiger partial charge in [-0.2, -0.15) is 0 Å². The maximum absolute atomic E-state index is 12.8. The predicted octanol–water partition coefficient (Wildman–Crippen LogP) is 4.59. The first-order valence-corrected chi connectivity index (χ1v) is 8.82. The number of benzene rings is 2. The van der Waals surface area contributed by atoms with Gasteiger partial charge in [-0.15, -0.1) is 0 Å². The van der Waals surface area contributed by atoms with Crippen LogP contribution in [0.25, 0.3) is 0 Å². The molecule has 0 bridgehead atoms. The van der Waals surface area contributed by atoms with Gasteiger partial charge in [-0.1, -0.05) is 36.4 Å². The summed E-state index contributed by atoms with van der Waals surface area (Å²) in [7, 11) is 1.54. The van der Waals surface area contributed by atoms with Crippen LogP contribution < -0.4 is 10.1 Å². The first kappa shape index (κ1) is 18.7. The Bertz CT molecular complexity index is 938. The highest BCUT2D eigenvalue weighted by molar-refractivity contribution is 9.10. The normalized spacial score (nSPS) is 11.5. The number of anilines is 1. The molecule has 1 aromatic heterocycles. The first-order valence-electron chi connectivity index (χ1n) is 8.03. The fraction of sp³-hybridized carbons (Fsp3) is 0.100. The van der Waals surface area contributed by atoms with Crippen LogP contribution in [0.5, 0.6) is 5.75 Å². The summed E-state index contributed by atoms with van der Waals surface area (Å²) in [5.41, 5.74) is 1.06. The lowest BCUT2D eigenvalue weighted by Crippen LogP contribution is -2.25. The van der Waals surface area contributed by atoms with Gasteiger partial charge in [-0.3, -0.25) is 4.79 Å². The van der Waals surface area contributed by atoms with Gasteiger partial charge in [0.05, 0.1) is 7.11 Å². The molecule has 7 heteroatoms. The lowest BCUT2D eigenvalue weighted by Gasteiger charge is -2.17. The van der Waals surface area contributed by atoms with Crippen molar-refractivity contribution in [3.05, 3.63) is 82.7 Å². The monoisotopic (exact) mass is 429 g/mol. The molecule has 1 amide bonds. The van der Waals surface area contributed by atoms with E-state index < -0.39 is 18.0 Å². The van der Waals surface area contributed by atoms with Crippen molar-refractivity contribution in [2.45, 2.75) is 6.10 Å². The van der Waals surface area contributed by atoms with E-state index >= 15 is 0 Å². The molecule has 138 valence electrons. The molecular formula is C20H16BrNO5. The highest BCUT2D eigenvalue weighted by Gasteiger charge is 2.27. The van der Waals surface area contributed by atoms with Gasteiger partial charge in [-0.25, -0.2) is 4.79 Å². The average Bonchev–Trinajstić information content (AvgIpc) is 3.13. The summed E-state index contributed by atoms with van der Waals surface area (Å²) in [4.78, 5) is 25.2. The van der Waals surface area contributed by atoms with Crippen LogP contribution in [0.1, 0.15) is 22.2 Å². The van der Waals surface area contributed by atoms with E-state index in [1.54, 1.807) is 54.6 Å². The number of methoxy groups -OCH3 is 1. The predicted molar refractivity (Wildman–Crippen MR) is 103 cm³/mol. The third-order valence-corrected chi connectivity index (χ3v) is 4.10. The van der Waals surface area contributed by atoms with Gasteiger partial charge in [0.1, 0.15) is 5.75 Å². The van der Waals surface area contributed by atoms with Crippen LogP contribution in [0.4, 0.5) is 5.69 Å². The minimum atomic E-state index is -1.14. The molecule has 1 heterocycles. The Labute approximate surface area is 164 Å². The molecule has 0 fully saturated rings. The van der Waals surface area contributed by atoms with Crippen LogP contribution in [-0.4, -0.2) is 19.0 Å². The van der Waals surface area contributed by atoms with Crippen LogP contribution in [-0.2, 0) is 9.53 Å². The zero-order valence-corrected chi connectivity index (χ0v) is 15.9. The number of ether oxygens (including phenoxy) is 2. The highest BCUT2D eigenvalue weighted by Crippen LogP contribution is 2.24. The minimum Gasteiger partial charge on any atom is -0.497 e. The molecule has 3 rings (SSSR count). The third kappa shape index (κ3) is 4.77. The number of furan rings is 1. The van der Waals surface area contributed by atoms with Crippen LogP contribution in [0.15, 0.2) is 75.8 Å². The van der Waals surface area contributed by atoms with Crippen molar-refractivity contribution in [1.29, 1.82) is 0 Å². The highest BCUT2D eigenvalue weighted by atomic mass is 79.9. The summed E-state index contributed by atoms with van der Waals surface area (Å²) in [6.45, 7) is 0. The number of hydrogen-bond acceptors (Lipinski definition) is 5. The molecule has 6 nitrogen and oxygen atoms in total. The molecule has 3 aromatic rings. The molecule has 0 saturated carbocycles. The zero-order valence-electron chi connectivity index (χ0n) is 14.3. The van der Waals surface area contributed by atoms with Gasteiger partial charge in [0.25, 0.3) is 5.91 Å². The first-order chi connectivity index (χ1) is 13.1. The quantitative estimate of drug-likeness (QED) is 0.579. The van der Waals surface area contributed by atoms with Crippen molar-refractivity contribution in [3.63, 3.8) is 0 Å². The SMILES string of the molecule is COc1cccc(NC(=O)C(OC(=O)c2ccc(Br)o2)c2ccccc2)c1. The molecule has 0 spiro atoms. The molecule has 1 atom stereocenters. The zero-order chi connectivity index (χ0) is 19.2. The number of amides is 1. The number of carbonyl (C=O) groups is 2. The van der Waals surface area contributed by atoms with Crippen LogP contribution in [0.3, 0.4) is 0 Å². The van der Waals surface area contributed by atoms with E-state index in [0.29, 0.717) is 21.7 Å². The fourth-order valence-corrected chi connectivity index (χ4v) is 2.71. The largest absolute Gasteiger partial charge is 0.497 e. The van der Waals surface area contributed by atoms with Crippen LogP contribution in [0, 0.1) is 0 Å². The molecular weight excluding hydrogens is 414 g/mol. The Hall–Kier alpha value is -3.06. The molecule has 0 saturated heterocycles. The van der Waals surface area contributed by atoms with Crippen LogP contribution in [0.2, 0.25) is 0 Å². The van der Waals surface area contributed by atoms with E-state index in [1.807, 2.05) is 6.07 Å². The summed E-state index contributed by atoms with van der Waals surface area (Å²) >= 11 is 3.13. The third-order valence-electron chi connectivity index (χ3n) is 3.68. The van der Waals surface area contributed by atoms with Gasteiger partial charge >= 0.3 is 5.97 Å². The topological polar surface area (TPSA) is 77.8 Å². The van der Waals surface area contributed by atoms with Crippen molar-refractivity contribution in [1.82, 2.24) is 0 Å². The molecule has 0 aliphatic rings. The van der Waals surface area contributed by atoms with Crippen molar-refractivity contribution < 1.29 is 23.5 Å². The van der Waals surface area contributed by atoms with E-state index in [-0.39, 0.29) is 5.76 Å².